The summed E-state index contributed by atoms with van der Waals surface area (Å²) < 4.78 is 0. The minimum atomic E-state index is 0.771. The molecule has 0 radical (unpaired) electrons. The summed E-state index contributed by atoms with van der Waals surface area (Å²) in [5.41, 5.74) is 2.67. The van der Waals surface area contributed by atoms with Crippen LogP contribution < -0.4 is 10.2 Å². The number of pyridine rings is 1. The van der Waals surface area contributed by atoms with Crippen molar-refractivity contribution in [2.75, 3.05) is 18.0 Å². The van der Waals surface area contributed by atoms with Gasteiger partial charge in [-0.2, -0.15) is 0 Å². The van der Waals surface area contributed by atoms with Crippen LogP contribution in [0.3, 0.4) is 0 Å². The number of rotatable bonds is 6. The predicted octanol–water partition coefficient (Wildman–Crippen LogP) is 3.13. The topological polar surface area (TPSA) is 28.2 Å². The summed E-state index contributed by atoms with van der Waals surface area (Å²) in [6.45, 7) is 7.90. The molecule has 1 aliphatic carbocycles. The van der Waals surface area contributed by atoms with Crippen molar-refractivity contribution in [1.29, 1.82) is 0 Å². The van der Waals surface area contributed by atoms with Crippen LogP contribution in [-0.4, -0.2) is 24.1 Å². The molecule has 3 heteroatoms. The molecule has 0 aromatic carbocycles. The highest BCUT2D eigenvalue weighted by Gasteiger charge is 2.22. The molecular weight excluding hydrogens is 246 g/mol. The van der Waals surface area contributed by atoms with Crippen LogP contribution in [-0.2, 0) is 13.0 Å². The van der Waals surface area contributed by atoms with Gasteiger partial charge in [0.25, 0.3) is 0 Å². The largest absolute Gasteiger partial charge is 0.356 e. The van der Waals surface area contributed by atoms with Crippen molar-refractivity contribution in [2.45, 2.75) is 58.5 Å². The maximum Gasteiger partial charge on any atom is 0.129 e. The van der Waals surface area contributed by atoms with Crippen LogP contribution in [0.15, 0.2) is 12.1 Å². The SMILES string of the molecule is CCCc1cc(CNC2CC2)cc(N2CCC(C)C2)n1. The molecule has 3 rings (SSSR count). The van der Waals surface area contributed by atoms with Gasteiger partial charge in [-0.1, -0.05) is 20.3 Å². The number of aromatic nitrogens is 1. The standard InChI is InChI=1S/C17H27N3/c1-3-4-16-9-14(11-18-15-5-6-15)10-17(19-16)20-8-7-13(2)12-20/h9-10,13,15,18H,3-8,11-12H2,1-2H3. The fourth-order valence-corrected chi connectivity index (χ4v) is 2.97. The van der Waals surface area contributed by atoms with Crippen LogP contribution in [0.2, 0.25) is 0 Å². The summed E-state index contributed by atoms with van der Waals surface area (Å²) in [6, 6.07) is 5.36. The normalized spacial score (nSPS) is 22.5. The molecule has 1 aliphatic heterocycles. The molecule has 110 valence electrons. The Labute approximate surface area is 122 Å². The number of hydrogen-bond acceptors (Lipinski definition) is 3. The Morgan fingerprint density at radius 2 is 2.15 bits per heavy atom. The Morgan fingerprint density at radius 1 is 1.30 bits per heavy atom. The summed E-state index contributed by atoms with van der Waals surface area (Å²) in [5.74, 6) is 2.01. The summed E-state index contributed by atoms with van der Waals surface area (Å²) in [4.78, 5) is 7.34. The van der Waals surface area contributed by atoms with Gasteiger partial charge in [0.2, 0.25) is 0 Å². The lowest BCUT2D eigenvalue weighted by Gasteiger charge is -2.19. The van der Waals surface area contributed by atoms with Crippen LogP contribution in [0.5, 0.6) is 0 Å². The summed E-state index contributed by atoms with van der Waals surface area (Å²) >= 11 is 0. The van der Waals surface area contributed by atoms with Gasteiger partial charge in [-0.15, -0.1) is 0 Å². The van der Waals surface area contributed by atoms with E-state index in [1.165, 1.54) is 49.3 Å². The minimum Gasteiger partial charge on any atom is -0.356 e. The molecule has 1 unspecified atom stereocenters. The first-order valence-corrected chi connectivity index (χ1v) is 8.22. The Bertz CT molecular complexity index is 454. The molecule has 1 N–H and O–H groups in total. The number of nitrogens with zero attached hydrogens (tertiary/aromatic N) is 2. The number of nitrogens with one attached hydrogen (secondary N) is 1. The van der Waals surface area contributed by atoms with Gasteiger partial charge in [-0.25, -0.2) is 4.98 Å². The van der Waals surface area contributed by atoms with Crippen molar-refractivity contribution >= 4 is 5.82 Å². The first-order valence-electron chi connectivity index (χ1n) is 8.22. The molecule has 2 heterocycles. The average molecular weight is 273 g/mol. The molecule has 3 nitrogen and oxygen atoms in total. The van der Waals surface area contributed by atoms with E-state index in [0.29, 0.717) is 0 Å². The molecule has 0 bridgehead atoms. The number of anilines is 1. The summed E-state index contributed by atoms with van der Waals surface area (Å²) in [6.07, 6.45) is 6.26. The fraction of sp³-hybridized carbons (Fsp3) is 0.706. The van der Waals surface area contributed by atoms with Crippen LogP contribution >= 0.6 is 0 Å². The maximum absolute atomic E-state index is 4.88. The Morgan fingerprint density at radius 3 is 2.80 bits per heavy atom. The molecular formula is C17H27N3. The van der Waals surface area contributed by atoms with Crippen LogP contribution in [0.4, 0.5) is 5.82 Å². The molecule has 2 aliphatic rings. The van der Waals surface area contributed by atoms with Gasteiger partial charge in [-0.3, -0.25) is 0 Å². The van der Waals surface area contributed by atoms with Crippen molar-refractivity contribution in [3.05, 3.63) is 23.4 Å². The second-order valence-corrected chi connectivity index (χ2v) is 6.57. The van der Waals surface area contributed by atoms with Gasteiger partial charge < -0.3 is 10.2 Å². The number of hydrogen-bond donors (Lipinski definition) is 1. The molecule has 1 saturated carbocycles. The van der Waals surface area contributed by atoms with Gasteiger partial charge in [0.15, 0.2) is 0 Å². The van der Waals surface area contributed by atoms with Crippen LogP contribution in [0.1, 0.15) is 50.8 Å². The third-order valence-corrected chi connectivity index (χ3v) is 4.35. The van der Waals surface area contributed by atoms with E-state index in [9.17, 15) is 0 Å². The summed E-state index contributed by atoms with van der Waals surface area (Å²) in [5, 5.41) is 3.62. The highest BCUT2D eigenvalue weighted by atomic mass is 15.2. The smallest absolute Gasteiger partial charge is 0.129 e. The average Bonchev–Trinajstić information content (AvgIpc) is 3.17. The van der Waals surface area contributed by atoms with Gasteiger partial charge in [0.1, 0.15) is 5.82 Å². The molecule has 1 aromatic rings. The van der Waals surface area contributed by atoms with E-state index in [0.717, 1.165) is 31.5 Å². The highest BCUT2D eigenvalue weighted by Crippen LogP contribution is 2.24. The Hall–Kier alpha value is -1.09. The van der Waals surface area contributed by atoms with Crippen molar-refractivity contribution in [1.82, 2.24) is 10.3 Å². The minimum absolute atomic E-state index is 0.771. The summed E-state index contributed by atoms with van der Waals surface area (Å²) in [7, 11) is 0. The molecule has 0 spiro atoms. The first-order chi connectivity index (χ1) is 9.74. The molecule has 1 aromatic heterocycles. The monoisotopic (exact) mass is 273 g/mol. The highest BCUT2D eigenvalue weighted by molar-refractivity contribution is 5.44. The Kier molecular flexibility index (Phi) is 4.25. The van der Waals surface area contributed by atoms with Crippen molar-refractivity contribution < 1.29 is 0 Å². The van der Waals surface area contributed by atoms with E-state index in [2.05, 4.69) is 36.2 Å². The molecule has 1 atom stereocenters. The van der Waals surface area contributed by atoms with Crippen molar-refractivity contribution in [3.8, 4) is 0 Å². The second-order valence-electron chi connectivity index (χ2n) is 6.57. The van der Waals surface area contributed by atoms with Crippen LogP contribution in [0, 0.1) is 5.92 Å². The van der Waals surface area contributed by atoms with E-state index in [4.69, 9.17) is 4.98 Å². The molecule has 20 heavy (non-hydrogen) atoms. The zero-order valence-corrected chi connectivity index (χ0v) is 12.9. The van der Waals surface area contributed by atoms with Gasteiger partial charge in [0.05, 0.1) is 0 Å². The van der Waals surface area contributed by atoms with Gasteiger partial charge in [-0.05, 0) is 49.3 Å². The third-order valence-electron chi connectivity index (χ3n) is 4.35. The zero-order chi connectivity index (χ0) is 13.9. The van der Waals surface area contributed by atoms with E-state index in [1.807, 2.05) is 0 Å². The fourth-order valence-electron chi connectivity index (χ4n) is 2.97. The van der Waals surface area contributed by atoms with Crippen molar-refractivity contribution in [3.63, 3.8) is 0 Å². The molecule has 0 amide bonds. The lowest BCUT2D eigenvalue weighted by molar-refractivity contribution is 0.658. The quantitative estimate of drug-likeness (QED) is 0.863. The third kappa shape index (κ3) is 3.51. The lowest BCUT2D eigenvalue weighted by atomic mass is 10.1. The number of aryl methyl sites for hydroxylation is 1. The second kappa shape index (κ2) is 6.13. The predicted molar refractivity (Wildman–Crippen MR) is 84.1 cm³/mol. The molecule has 1 saturated heterocycles. The van der Waals surface area contributed by atoms with E-state index < -0.39 is 0 Å². The molecule has 2 fully saturated rings. The first kappa shape index (κ1) is 13.9. The van der Waals surface area contributed by atoms with Crippen LogP contribution in [0.25, 0.3) is 0 Å². The lowest BCUT2D eigenvalue weighted by Crippen LogP contribution is -2.22. The van der Waals surface area contributed by atoms with E-state index in [1.54, 1.807) is 0 Å². The van der Waals surface area contributed by atoms with E-state index in [-0.39, 0.29) is 0 Å². The Balaban J connectivity index is 1.75. The zero-order valence-electron chi connectivity index (χ0n) is 12.9. The maximum atomic E-state index is 4.88. The van der Waals surface area contributed by atoms with E-state index >= 15 is 0 Å². The van der Waals surface area contributed by atoms with Crippen molar-refractivity contribution in [2.24, 2.45) is 5.92 Å². The van der Waals surface area contributed by atoms with Gasteiger partial charge >= 0.3 is 0 Å². The van der Waals surface area contributed by atoms with Gasteiger partial charge in [0, 0.05) is 31.4 Å².